The molecule has 1 N–H and O–H groups in total. The van der Waals surface area contributed by atoms with E-state index in [1.54, 1.807) is 0 Å². The minimum Gasteiger partial charge on any atom is -0.393 e. The summed E-state index contributed by atoms with van der Waals surface area (Å²) in [5, 5.41) is 9.49. The molecule has 0 spiro atoms. The topological polar surface area (TPSA) is 20.2 Å². The van der Waals surface area contributed by atoms with Gasteiger partial charge in [0.1, 0.15) is 0 Å². The molecule has 0 aromatic heterocycles. The molecule has 0 heterocycles. The van der Waals surface area contributed by atoms with Crippen LogP contribution in [-0.4, -0.2) is 11.2 Å². The molecule has 2 bridgehead atoms. The lowest BCUT2D eigenvalue weighted by Crippen LogP contribution is -2.14. The molecular weight excluding hydrogens is 160 g/mol. The van der Waals surface area contributed by atoms with Crippen LogP contribution in [0.2, 0.25) is 0 Å². The summed E-state index contributed by atoms with van der Waals surface area (Å²) in [6.45, 7) is 2.07. The molecule has 2 saturated carbocycles. The van der Waals surface area contributed by atoms with Crippen molar-refractivity contribution in [2.24, 2.45) is 17.8 Å². The number of rotatable bonds is 4. The number of fused-ring (bicyclic) bond motifs is 2. The van der Waals surface area contributed by atoms with Crippen LogP contribution < -0.4 is 0 Å². The van der Waals surface area contributed by atoms with Crippen LogP contribution in [0.5, 0.6) is 0 Å². The van der Waals surface area contributed by atoms with Gasteiger partial charge in [-0.25, -0.2) is 0 Å². The maximum absolute atomic E-state index is 9.49. The molecule has 4 unspecified atom stereocenters. The Bertz CT molecular complexity index is 167. The van der Waals surface area contributed by atoms with Gasteiger partial charge in [-0.3, -0.25) is 0 Å². The van der Waals surface area contributed by atoms with E-state index >= 15 is 0 Å². The Kier molecular flexibility index (Phi) is 2.92. The Morgan fingerprint density at radius 3 is 2.69 bits per heavy atom. The Morgan fingerprint density at radius 2 is 2.15 bits per heavy atom. The van der Waals surface area contributed by atoms with Crippen molar-refractivity contribution in [2.75, 3.05) is 0 Å². The summed E-state index contributed by atoms with van der Waals surface area (Å²) >= 11 is 0. The highest BCUT2D eigenvalue weighted by Gasteiger charge is 2.38. The van der Waals surface area contributed by atoms with Gasteiger partial charge in [0.2, 0.25) is 0 Å². The van der Waals surface area contributed by atoms with Crippen LogP contribution in [0, 0.1) is 17.8 Å². The zero-order valence-corrected chi connectivity index (χ0v) is 8.71. The number of hydrogen-bond donors (Lipinski definition) is 1. The maximum Gasteiger partial charge on any atom is 0.0537 e. The first-order valence-electron chi connectivity index (χ1n) is 5.97. The Hall–Kier alpha value is -0.0400. The van der Waals surface area contributed by atoms with E-state index in [-0.39, 0.29) is 6.10 Å². The fourth-order valence-corrected chi connectivity index (χ4v) is 3.34. The molecule has 0 aromatic rings. The van der Waals surface area contributed by atoms with Gasteiger partial charge in [0.15, 0.2) is 0 Å². The van der Waals surface area contributed by atoms with E-state index in [1.165, 1.54) is 32.1 Å². The van der Waals surface area contributed by atoms with Crippen LogP contribution in [0.3, 0.4) is 0 Å². The maximum atomic E-state index is 9.49. The van der Waals surface area contributed by atoms with Crippen LogP contribution in [0.1, 0.15) is 51.9 Å². The Morgan fingerprint density at radius 1 is 1.31 bits per heavy atom. The van der Waals surface area contributed by atoms with Gasteiger partial charge in [-0.1, -0.05) is 13.3 Å². The quantitative estimate of drug-likeness (QED) is 0.708. The second kappa shape index (κ2) is 4.00. The first-order valence-corrected chi connectivity index (χ1v) is 5.97. The van der Waals surface area contributed by atoms with Crippen LogP contribution in [0.15, 0.2) is 0 Å². The van der Waals surface area contributed by atoms with Gasteiger partial charge in [0, 0.05) is 0 Å². The van der Waals surface area contributed by atoms with Gasteiger partial charge in [0.25, 0.3) is 0 Å². The van der Waals surface area contributed by atoms with Crippen LogP contribution in [-0.2, 0) is 0 Å². The van der Waals surface area contributed by atoms with Crippen LogP contribution in [0.25, 0.3) is 0 Å². The van der Waals surface area contributed by atoms with E-state index in [2.05, 4.69) is 6.92 Å². The van der Waals surface area contributed by atoms with Crippen molar-refractivity contribution in [3.05, 3.63) is 0 Å². The molecular formula is C12H22O. The SMILES string of the molecule is CCC(O)CCC1CC2CCC1C2. The molecule has 1 nitrogen and oxygen atoms in total. The lowest BCUT2D eigenvalue weighted by atomic mass is 9.85. The normalized spacial score (nSPS) is 39.7. The fourth-order valence-electron chi connectivity index (χ4n) is 3.34. The van der Waals surface area contributed by atoms with Gasteiger partial charge in [0.05, 0.1) is 6.10 Å². The molecule has 0 saturated heterocycles. The third-order valence-corrected chi connectivity index (χ3v) is 4.23. The first kappa shape index (κ1) is 9.51. The van der Waals surface area contributed by atoms with Gasteiger partial charge in [-0.15, -0.1) is 0 Å². The van der Waals surface area contributed by atoms with Gasteiger partial charge < -0.3 is 5.11 Å². The highest BCUT2D eigenvalue weighted by Crippen LogP contribution is 2.49. The summed E-state index contributed by atoms with van der Waals surface area (Å²) in [6.07, 6.45) is 9.20. The van der Waals surface area contributed by atoms with Crippen LogP contribution in [0.4, 0.5) is 0 Å². The lowest BCUT2D eigenvalue weighted by molar-refractivity contribution is 0.143. The molecule has 2 aliphatic rings. The second-order valence-corrected chi connectivity index (χ2v) is 5.07. The minimum absolute atomic E-state index is 0.0286. The molecule has 0 radical (unpaired) electrons. The lowest BCUT2D eigenvalue weighted by Gasteiger charge is -2.22. The molecule has 2 aliphatic carbocycles. The molecule has 2 rings (SSSR count). The van der Waals surface area contributed by atoms with Crippen molar-refractivity contribution in [1.82, 2.24) is 0 Å². The third-order valence-electron chi connectivity index (χ3n) is 4.23. The van der Waals surface area contributed by atoms with E-state index in [4.69, 9.17) is 0 Å². The second-order valence-electron chi connectivity index (χ2n) is 5.07. The minimum atomic E-state index is -0.0286. The Labute approximate surface area is 81.5 Å². The highest BCUT2D eigenvalue weighted by atomic mass is 16.3. The van der Waals surface area contributed by atoms with Gasteiger partial charge >= 0.3 is 0 Å². The third kappa shape index (κ3) is 2.07. The molecule has 13 heavy (non-hydrogen) atoms. The smallest absolute Gasteiger partial charge is 0.0537 e. The van der Waals surface area contributed by atoms with Crippen molar-refractivity contribution < 1.29 is 5.11 Å². The predicted octanol–water partition coefficient (Wildman–Crippen LogP) is 2.97. The monoisotopic (exact) mass is 182 g/mol. The zero-order valence-electron chi connectivity index (χ0n) is 8.71. The van der Waals surface area contributed by atoms with E-state index in [0.717, 1.165) is 30.6 Å². The number of aliphatic hydroxyl groups is 1. The largest absolute Gasteiger partial charge is 0.393 e. The van der Waals surface area contributed by atoms with Gasteiger partial charge in [-0.2, -0.15) is 0 Å². The van der Waals surface area contributed by atoms with E-state index in [9.17, 15) is 5.11 Å². The number of aliphatic hydroxyl groups excluding tert-OH is 1. The summed E-state index contributed by atoms with van der Waals surface area (Å²) in [5.74, 6) is 3.07. The first-order chi connectivity index (χ1) is 6.29. The van der Waals surface area contributed by atoms with Crippen molar-refractivity contribution in [1.29, 1.82) is 0 Å². The number of hydrogen-bond acceptors (Lipinski definition) is 1. The molecule has 0 amide bonds. The van der Waals surface area contributed by atoms with Crippen molar-refractivity contribution in [3.8, 4) is 0 Å². The summed E-state index contributed by atoms with van der Waals surface area (Å²) < 4.78 is 0. The summed E-state index contributed by atoms with van der Waals surface area (Å²) in [5.41, 5.74) is 0. The zero-order chi connectivity index (χ0) is 9.26. The fraction of sp³-hybridized carbons (Fsp3) is 1.00. The predicted molar refractivity (Wildman–Crippen MR) is 54.5 cm³/mol. The van der Waals surface area contributed by atoms with Crippen LogP contribution >= 0.6 is 0 Å². The molecule has 76 valence electrons. The van der Waals surface area contributed by atoms with E-state index in [1.807, 2.05) is 0 Å². The summed E-state index contributed by atoms with van der Waals surface area (Å²) in [7, 11) is 0. The summed E-state index contributed by atoms with van der Waals surface area (Å²) in [4.78, 5) is 0. The van der Waals surface area contributed by atoms with Crippen molar-refractivity contribution in [2.45, 2.75) is 58.0 Å². The van der Waals surface area contributed by atoms with Crippen molar-refractivity contribution >= 4 is 0 Å². The molecule has 2 fully saturated rings. The van der Waals surface area contributed by atoms with E-state index < -0.39 is 0 Å². The average Bonchev–Trinajstić information content (AvgIpc) is 2.74. The summed E-state index contributed by atoms with van der Waals surface area (Å²) in [6, 6.07) is 0. The average molecular weight is 182 g/mol. The van der Waals surface area contributed by atoms with E-state index in [0.29, 0.717) is 0 Å². The Balaban J connectivity index is 1.71. The molecule has 4 atom stereocenters. The molecule has 1 heteroatoms. The molecule has 0 aromatic carbocycles. The van der Waals surface area contributed by atoms with Gasteiger partial charge in [-0.05, 0) is 56.3 Å². The van der Waals surface area contributed by atoms with Crippen molar-refractivity contribution in [3.63, 3.8) is 0 Å². The molecule has 0 aliphatic heterocycles. The highest BCUT2D eigenvalue weighted by molar-refractivity contribution is 4.89. The standard InChI is InChI=1S/C12H22O/c1-2-12(13)6-5-11-8-9-3-4-10(11)7-9/h9-13H,2-8H2,1H3.